The average molecular weight is 373 g/mol. The Morgan fingerprint density at radius 1 is 1.37 bits per heavy atom. The van der Waals surface area contributed by atoms with Crippen LogP contribution >= 0.6 is 22.6 Å². The molecular formula is C13H13FIN3O. The molecule has 1 saturated heterocycles. The van der Waals surface area contributed by atoms with Crippen LogP contribution in [0.1, 0.15) is 31.1 Å². The number of hydrogen-bond acceptors (Lipinski definition) is 4. The lowest BCUT2D eigenvalue weighted by molar-refractivity contribution is 0.367. The van der Waals surface area contributed by atoms with Crippen molar-refractivity contribution in [3.05, 3.63) is 33.4 Å². The molecule has 2 heterocycles. The van der Waals surface area contributed by atoms with E-state index >= 15 is 0 Å². The fraction of sp³-hybridized carbons (Fsp3) is 0.385. The van der Waals surface area contributed by atoms with Gasteiger partial charge >= 0.3 is 0 Å². The van der Waals surface area contributed by atoms with Gasteiger partial charge in [0.1, 0.15) is 5.82 Å². The Morgan fingerprint density at radius 2 is 2.26 bits per heavy atom. The Labute approximate surface area is 123 Å². The molecular weight excluding hydrogens is 360 g/mol. The number of benzene rings is 1. The molecule has 1 aliphatic rings. The van der Waals surface area contributed by atoms with Crippen LogP contribution in [0.2, 0.25) is 0 Å². The highest BCUT2D eigenvalue weighted by atomic mass is 127. The number of piperidine rings is 1. The van der Waals surface area contributed by atoms with Crippen LogP contribution in [-0.2, 0) is 0 Å². The standard InChI is InChI=1S/C13H13FIN3O/c14-8-4-5-9(10(15)7-8)13-17-12(18-19-13)11-3-1-2-6-16-11/h4-5,7,11,16H,1-3,6H2. The molecule has 0 amide bonds. The van der Waals surface area contributed by atoms with Crippen LogP contribution < -0.4 is 5.32 Å². The fourth-order valence-electron chi connectivity index (χ4n) is 2.22. The largest absolute Gasteiger partial charge is 0.334 e. The second kappa shape index (κ2) is 5.54. The number of nitrogens with zero attached hydrogens (tertiary/aromatic N) is 2. The maximum absolute atomic E-state index is 13.1. The van der Waals surface area contributed by atoms with E-state index in [2.05, 4.69) is 38.0 Å². The molecule has 1 aliphatic heterocycles. The second-order valence-electron chi connectivity index (χ2n) is 4.58. The molecule has 100 valence electrons. The van der Waals surface area contributed by atoms with Crippen LogP contribution in [-0.4, -0.2) is 16.7 Å². The van der Waals surface area contributed by atoms with Gasteiger partial charge in [-0.1, -0.05) is 11.6 Å². The van der Waals surface area contributed by atoms with Crippen molar-refractivity contribution < 1.29 is 8.91 Å². The zero-order chi connectivity index (χ0) is 13.2. The zero-order valence-electron chi connectivity index (χ0n) is 10.2. The minimum atomic E-state index is -0.262. The Kier molecular flexibility index (Phi) is 3.79. The first-order valence-electron chi connectivity index (χ1n) is 6.26. The third-order valence-corrected chi connectivity index (χ3v) is 4.12. The van der Waals surface area contributed by atoms with Gasteiger partial charge in [-0.3, -0.25) is 0 Å². The third-order valence-electron chi connectivity index (χ3n) is 3.23. The van der Waals surface area contributed by atoms with E-state index in [1.165, 1.54) is 25.0 Å². The minimum Gasteiger partial charge on any atom is -0.334 e. The smallest absolute Gasteiger partial charge is 0.259 e. The maximum Gasteiger partial charge on any atom is 0.259 e. The number of hydrogen-bond donors (Lipinski definition) is 1. The molecule has 1 fully saturated rings. The molecule has 1 N–H and O–H groups in total. The van der Waals surface area contributed by atoms with Crippen LogP contribution in [0.4, 0.5) is 4.39 Å². The van der Waals surface area contributed by atoms with Gasteiger partial charge in [-0.2, -0.15) is 4.98 Å². The summed E-state index contributed by atoms with van der Waals surface area (Å²) in [4.78, 5) is 4.43. The monoisotopic (exact) mass is 373 g/mol. The highest BCUT2D eigenvalue weighted by Gasteiger charge is 2.21. The molecule has 3 rings (SSSR count). The van der Waals surface area contributed by atoms with E-state index in [0.29, 0.717) is 11.7 Å². The summed E-state index contributed by atoms with van der Waals surface area (Å²) in [6, 6.07) is 4.70. The summed E-state index contributed by atoms with van der Waals surface area (Å²) >= 11 is 2.07. The molecule has 6 heteroatoms. The number of halogens is 2. The van der Waals surface area contributed by atoms with Gasteiger partial charge in [0.05, 0.1) is 11.6 Å². The SMILES string of the molecule is Fc1ccc(-c2nc(C3CCCCN3)no2)c(I)c1. The van der Waals surface area contributed by atoms with Crippen LogP contribution in [0.25, 0.3) is 11.5 Å². The van der Waals surface area contributed by atoms with Gasteiger partial charge < -0.3 is 9.84 Å². The first kappa shape index (κ1) is 13.0. The molecule has 0 spiro atoms. The molecule has 0 bridgehead atoms. The van der Waals surface area contributed by atoms with Crippen LogP contribution in [0.3, 0.4) is 0 Å². The molecule has 1 atom stereocenters. The van der Waals surface area contributed by atoms with E-state index < -0.39 is 0 Å². The van der Waals surface area contributed by atoms with Crippen molar-refractivity contribution in [3.8, 4) is 11.5 Å². The van der Waals surface area contributed by atoms with Gasteiger partial charge in [-0.05, 0) is 60.2 Å². The average Bonchev–Trinajstić information content (AvgIpc) is 2.89. The van der Waals surface area contributed by atoms with Crippen molar-refractivity contribution in [2.75, 3.05) is 6.54 Å². The Balaban J connectivity index is 1.87. The molecule has 4 nitrogen and oxygen atoms in total. The van der Waals surface area contributed by atoms with Crippen molar-refractivity contribution in [1.82, 2.24) is 15.5 Å². The highest BCUT2D eigenvalue weighted by molar-refractivity contribution is 14.1. The summed E-state index contributed by atoms with van der Waals surface area (Å²) in [6.07, 6.45) is 3.40. The Bertz CT molecular complexity index is 581. The third kappa shape index (κ3) is 2.79. The van der Waals surface area contributed by atoms with Crippen LogP contribution in [0, 0.1) is 9.39 Å². The lowest BCUT2D eigenvalue weighted by Crippen LogP contribution is -2.27. The van der Waals surface area contributed by atoms with Crippen molar-refractivity contribution in [1.29, 1.82) is 0 Å². The van der Waals surface area contributed by atoms with E-state index in [0.717, 1.165) is 22.1 Å². The summed E-state index contributed by atoms with van der Waals surface area (Å²) in [5.41, 5.74) is 0.775. The maximum atomic E-state index is 13.1. The van der Waals surface area contributed by atoms with E-state index in [1.807, 2.05) is 0 Å². The van der Waals surface area contributed by atoms with Crippen molar-refractivity contribution in [3.63, 3.8) is 0 Å². The van der Waals surface area contributed by atoms with Gasteiger partial charge in [0.2, 0.25) is 0 Å². The number of aromatic nitrogens is 2. The summed E-state index contributed by atoms with van der Waals surface area (Å²) in [6.45, 7) is 0.989. The predicted octanol–water partition coefficient (Wildman–Crippen LogP) is 3.29. The number of rotatable bonds is 2. The predicted molar refractivity (Wildman–Crippen MR) is 77.0 cm³/mol. The van der Waals surface area contributed by atoms with E-state index in [9.17, 15) is 4.39 Å². The highest BCUT2D eigenvalue weighted by Crippen LogP contribution is 2.27. The summed E-state index contributed by atoms with van der Waals surface area (Å²) in [5.74, 6) is 0.878. The number of nitrogens with one attached hydrogen (secondary N) is 1. The Morgan fingerprint density at radius 3 is 3.00 bits per heavy atom. The molecule has 1 aromatic carbocycles. The quantitative estimate of drug-likeness (QED) is 0.821. The lowest BCUT2D eigenvalue weighted by atomic mass is 10.0. The van der Waals surface area contributed by atoms with E-state index in [1.54, 1.807) is 6.07 Å². The molecule has 1 aromatic heterocycles. The molecule has 0 saturated carbocycles. The van der Waals surface area contributed by atoms with Crippen LogP contribution in [0.15, 0.2) is 22.7 Å². The first-order chi connectivity index (χ1) is 9.24. The fourth-order valence-corrected chi connectivity index (χ4v) is 2.93. The first-order valence-corrected chi connectivity index (χ1v) is 7.34. The topological polar surface area (TPSA) is 51.0 Å². The second-order valence-corrected chi connectivity index (χ2v) is 5.75. The lowest BCUT2D eigenvalue weighted by Gasteiger charge is -2.19. The summed E-state index contributed by atoms with van der Waals surface area (Å²) < 4.78 is 19.1. The van der Waals surface area contributed by atoms with Crippen molar-refractivity contribution in [2.24, 2.45) is 0 Å². The van der Waals surface area contributed by atoms with Gasteiger partial charge in [0.25, 0.3) is 5.89 Å². The van der Waals surface area contributed by atoms with Crippen LogP contribution in [0.5, 0.6) is 0 Å². The summed E-state index contributed by atoms with van der Waals surface area (Å²) in [7, 11) is 0. The zero-order valence-corrected chi connectivity index (χ0v) is 12.4. The van der Waals surface area contributed by atoms with E-state index in [4.69, 9.17) is 4.52 Å². The molecule has 2 aromatic rings. The van der Waals surface area contributed by atoms with Gasteiger partial charge in [-0.15, -0.1) is 0 Å². The molecule has 0 aliphatic carbocycles. The Hall–Kier alpha value is -1.02. The normalized spacial score (nSPS) is 19.6. The molecule has 19 heavy (non-hydrogen) atoms. The van der Waals surface area contributed by atoms with Gasteiger partial charge in [0, 0.05) is 3.57 Å². The van der Waals surface area contributed by atoms with Gasteiger partial charge in [0.15, 0.2) is 5.82 Å². The molecule has 1 unspecified atom stereocenters. The van der Waals surface area contributed by atoms with Crippen molar-refractivity contribution >= 4 is 22.6 Å². The molecule has 0 radical (unpaired) electrons. The minimum absolute atomic E-state index is 0.171. The summed E-state index contributed by atoms with van der Waals surface area (Å²) in [5, 5.41) is 7.41. The van der Waals surface area contributed by atoms with Gasteiger partial charge in [-0.25, -0.2) is 4.39 Å². The van der Waals surface area contributed by atoms with Crippen molar-refractivity contribution in [2.45, 2.75) is 25.3 Å². The van der Waals surface area contributed by atoms with E-state index in [-0.39, 0.29) is 11.9 Å².